The summed E-state index contributed by atoms with van der Waals surface area (Å²) >= 11 is 0. The number of H-pyrrole nitrogens is 1. The fraction of sp³-hybridized carbons (Fsp3) is 0.636. The Kier molecular flexibility index (Phi) is 3.77. The number of aromatic amines is 1. The molecule has 0 aromatic carbocycles. The molecule has 0 amide bonds. The van der Waals surface area contributed by atoms with Gasteiger partial charge < -0.3 is 20.4 Å². The van der Waals surface area contributed by atoms with Crippen LogP contribution in [0.25, 0.3) is 0 Å². The lowest BCUT2D eigenvalue weighted by atomic mass is 10.0. The minimum absolute atomic E-state index is 0.399. The summed E-state index contributed by atoms with van der Waals surface area (Å²) in [6.45, 7) is 2.63. The lowest BCUT2D eigenvalue weighted by molar-refractivity contribution is 0.0709. The number of hydrogen-bond donors (Lipinski definition) is 3. The van der Waals surface area contributed by atoms with Crippen molar-refractivity contribution in [3.8, 4) is 0 Å². The van der Waals surface area contributed by atoms with Crippen molar-refractivity contribution in [1.82, 2.24) is 15.6 Å². The van der Waals surface area contributed by atoms with Gasteiger partial charge in [-0.05, 0) is 25.1 Å². The molecule has 2 rings (SSSR count). The summed E-state index contributed by atoms with van der Waals surface area (Å²) in [5.41, 5.74) is 1.31. The lowest BCUT2D eigenvalue weighted by Crippen LogP contribution is -2.43. The van der Waals surface area contributed by atoms with Crippen molar-refractivity contribution in [3.63, 3.8) is 0 Å². The van der Waals surface area contributed by atoms with E-state index in [4.69, 9.17) is 4.74 Å². The minimum Gasteiger partial charge on any atom is -0.379 e. The number of aromatic nitrogens is 1. The molecule has 15 heavy (non-hydrogen) atoms. The van der Waals surface area contributed by atoms with E-state index in [0.29, 0.717) is 12.1 Å². The van der Waals surface area contributed by atoms with Crippen molar-refractivity contribution in [3.05, 3.63) is 24.0 Å². The highest BCUT2D eigenvalue weighted by Crippen LogP contribution is 2.18. The first kappa shape index (κ1) is 10.7. The van der Waals surface area contributed by atoms with Gasteiger partial charge in [0.2, 0.25) is 0 Å². The van der Waals surface area contributed by atoms with Crippen LogP contribution in [0.15, 0.2) is 18.5 Å². The zero-order valence-electron chi connectivity index (χ0n) is 9.12. The van der Waals surface area contributed by atoms with Crippen LogP contribution in [0.1, 0.15) is 18.0 Å². The molecule has 1 aromatic heterocycles. The fourth-order valence-corrected chi connectivity index (χ4v) is 2.03. The molecule has 2 atom stereocenters. The molecule has 0 radical (unpaired) electrons. The number of hydrogen-bond acceptors (Lipinski definition) is 3. The smallest absolute Gasteiger partial charge is 0.0620 e. The third kappa shape index (κ3) is 2.81. The monoisotopic (exact) mass is 209 g/mol. The summed E-state index contributed by atoms with van der Waals surface area (Å²) in [7, 11) is 2.00. The predicted molar refractivity (Wildman–Crippen MR) is 59.8 cm³/mol. The summed E-state index contributed by atoms with van der Waals surface area (Å²) in [5.74, 6) is 0. The molecule has 0 aliphatic carbocycles. The number of morpholine rings is 1. The van der Waals surface area contributed by atoms with E-state index in [2.05, 4.69) is 21.7 Å². The standard InChI is InChI=1S/C11H19N3O/c1-12-11(9-2-3-13-7-9)6-10-8-15-5-4-14-10/h2-3,7,10-14H,4-6,8H2,1H3. The van der Waals surface area contributed by atoms with Crippen molar-refractivity contribution in [2.45, 2.75) is 18.5 Å². The van der Waals surface area contributed by atoms with Crippen LogP contribution >= 0.6 is 0 Å². The van der Waals surface area contributed by atoms with Gasteiger partial charge in [-0.3, -0.25) is 0 Å². The molecule has 4 heteroatoms. The Bertz CT molecular complexity index is 267. The van der Waals surface area contributed by atoms with E-state index in [9.17, 15) is 0 Å². The maximum absolute atomic E-state index is 5.45. The van der Waals surface area contributed by atoms with Crippen LogP contribution in [0, 0.1) is 0 Å². The molecule has 1 aliphatic rings. The molecule has 1 fully saturated rings. The summed E-state index contributed by atoms with van der Waals surface area (Å²) in [6.07, 6.45) is 5.07. The van der Waals surface area contributed by atoms with Gasteiger partial charge in [-0.2, -0.15) is 0 Å². The van der Waals surface area contributed by atoms with Gasteiger partial charge in [0.25, 0.3) is 0 Å². The molecule has 4 nitrogen and oxygen atoms in total. The average Bonchev–Trinajstić information content (AvgIpc) is 2.81. The largest absolute Gasteiger partial charge is 0.379 e. The highest BCUT2D eigenvalue weighted by Gasteiger charge is 2.19. The zero-order valence-corrected chi connectivity index (χ0v) is 9.12. The molecular formula is C11H19N3O. The Morgan fingerprint density at radius 1 is 1.67 bits per heavy atom. The highest BCUT2D eigenvalue weighted by atomic mass is 16.5. The van der Waals surface area contributed by atoms with Crippen molar-refractivity contribution in [1.29, 1.82) is 0 Å². The maximum Gasteiger partial charge on any atom is 0.0620 e. The van der Waals surface area contributed by atoms with Crippen molar-refractivity contribution >= 4 is 0 Å². The summed E-state index contributed by atoms with van der Waals surface area (Å²) < 4.78 is 5.45. The molecule has 1 saturated heterocycles. The third-order valence-corrected chi connectivity index (χ3v) is 2.89. The van der Waals surface area contributed by atoms with E-state index in [1.807, 2.05) is 19.4 Å². The van der Waals surface area contributed by atoms with Gasteiger partial charge >= 0.3 is 0 Å². The van der Waals surface area contributed by atoms with Gasteiger partial charge in [-0.15, -0.1) is 0 Å². The van der Waals surface area contributed by atoms with Crippen LogP contribution in [0.4, 0.5) is 0 Å². The molecule has 0 bridgehead atoms. The summed E-state index contributed by atoms with van der Waals surface area (Å²) in [6, 6.07) is 2.98. The van der Waals surface area contributed by atoms with Crippen LogP contribution in [0.3, 0.4) is 0 Å². The van der Waals surface area contributed by atoms with Gasteiger partial charge in [0.05, 0.1) is 13.2 Å². The third-order valence-electron chi connectivity index (χ3n) is 2.89. The topological polar surface area (TPSA) is 49.1 Å². The normalized spacial score (nSPS) is 23.9. The lowest BCUT2D eigenvalue weighted by Gasteiger charge is -2.27. The average molecular weight is 209 g/mol. The van der Waals surface area contributed by atoms with E-state index >= 15 is 0 Å². The molecule has 1 aliphatic heterocycles. The predicted octanol–water partition coefficient (Wildman–Crippen LogP) is 0.654. The summed E-state index contributed by atoms with van der Waals surface area (Å²) in [5, 5.41) is 6.81. The van der Waals surface area contributed by atoms with Crippen LogP contribution in [0.2, 0.25) is 0 Å². The van der Waals surface area contributed by atoms with E-state index in [-0.39, 0.29) is 0 Å². The van der Waals surface area contributed by atoms with Gasteiger partial charge in [-0.25, -0.2) is 0 Å². The van der Waals surface area contributed by atoms with Crippen LogP contribution in [-0.4, -0.2) is 37.8 Å². The molecule has 84 valence electrons. The fourth-order valence-electron chi connectivity index (χ4n) is 2.03. The molecular weight excluding hydrogens is 190 g/mol. The van der Waals surface area contributed by atoms with Gasteiger partial charge in [-0.1, -0.05) is 0 Å². The Labute approximate surface area is 90.4 Å². The molecule has 2 unspecified atom stereocenters. The first-order valence-corrected chi connectivity index (χ1v) is 5.51. The SMILES string of the molecule is CNC(CC1COCCN1)c1cc[nH]c1. The van der Waals surface area contributed by atoms with Crippen molar-refractivity contribution in [2.24, 2.45) is 0 Å². The first-order chi connectivity index (χ1) is 7.40. The second kappa shape index (κ2) is 5.30. The molecule has 1 aromatic rings. The molecule has 0 spiro atoms. The molecule has 3 N–H and O–H groups in total. The van der Waals surface area contributed by atoms with E-state index in [1.165, 1.54) is 5.56 Å². The van der Waals surface area contributed by atoms with E-state index < -0.39 is 0 Å². The quantitative estimate of drug-likeness (QED) is 0.682. The maximum atomic E-state index is 5.45. The number of rotatable bonds is 4. The number of nitrogens with one attached hydrogen (secondary N) is 3. The van der Waals surface area contributed by atoms with Gasteiger partial charge in [0, 0.05) is 31.0 Å². The van der Waals surface area contributed by atoms with Gasteiger partial charge in [0.15, 0.2) is 0 Å². The Balaban J connectivity index is 1.90. The van der Waals surface area contributed by atoms with Crippen LogP contribution < -0.4 is 10.6 Å². The second-order valence-electron chi connectivity index (χ2n) is 3.95. The van der Waals surface area contributed by atoms with E-state index in [0.717, 1.165) is 26.2 Å². The van der Waals surface area contributed by atoms with Gasteiger partial charge in [0.1, 0.15) is 0 Å². The molecule has 2 heterocycles. The minimum atomic E-state index is 0.399. The highest BCUT2D eigenvalue weighted by molar-refractivity contribution is 5.14. The zero-order chi connectivity index (χ0) is 10.5. The van der Waals surface area contributed by atoms with Crippen LogP contribution in [0.5, 0.6) is 0 Å². The Hall–Kier alpha value is -0.840. The van der Waals surface area contributed by atoms with Crippen LogP contribution in [-0.2, 0) is 4.74 Å². The Morgan fingerprint density at radius 3 is 3.20 bits per heavy atom. The second-order valence-corrected chi connectivity index (χ2v) is 3.95. The number of ether oxygens (including phenoxy) is 1. The first-order valence-electron chi connectivity index (χ1n) is 5.51. The summed E-state index contributed by atoms with van der Waals surface area (Å²) in [4.78, 5) is 3.09. The van der Waals surface area contributed by atoms with Crippen molar-refractivity contribution in [2.75, 3.05) is 26.8 Å². The van der Waals surface area contributed by atoms with Crippen molar-refractivity contribution < 1.29 is 4.74 Å². The Morgan fingerprint density at radius 2 is 2.60 bits per heavy atom. The molecule has 0 saturated carbocycles. The van der Waals surface area contributed by atoms with E-state index in [1.54, 1.807) is 0 Å².